The number of aromatic nitrogens is 2. The van der Waals surface area contributed by atoms with Crippen molar-refractivity contribution in [2.75, 3.05) is 77.3 Å². The Hall–Kier alpha value is -5.41. The van der Waals surface area contributed by atoms with E-state index in [0.717, 1.165) is 45.8 Å². The Morgan fingerprint density at radius 3 is 2.45 bits per heavy atom. The number of benzene rings is 3. The summed E-state index contributed by atoms with van der Waals surface area (Å²) in [6, 6.07) is 16.5. The molecule has 1 aliphatic heterocycles. The third kappa shape index (κ3) is 15.9. The molecule has 1 saturated heterocycles. The van der Waals surface area contributed by atoms with Gasteiger partial charge in [0.15, 0.2) is 5.78 Å². The molecule has 1 aliphatic carbocycles. The van der Waals surface area contributed by atoms with E-state index < -0.39 is 17.3 Å². The van der Waals surface area contributed by atoms with E-state index in [9.17, 15) is 32.8 Å². The van der Waals surface area contributed by atoms with Crippen molar-refractivity contribution in [3.8, 4) is 17.6 Å². The second-order valence-corrected chi connectivity index (χ2v) is 17.5. The molecule has 1 atom stereocenters. The molecule has 0 spiro atoms. The summed E-state index contributed by atoms with van der Waals surface area (Å²) in [5, 5.41) is 9.17. The molecule has 6 rings (SSSR count). The maximum Gasteiger partial charge on any atom is 0.417 e. The van der Waals surface area contributed by atoms with Crippen LogP contribution in [0.4, 0.5) is 18.9 Å². The highest BCUT2D eigenvalue weighted by Gasteiger charge is 2.35. The van der Waals surface area contributed by atoms with Crippen LogP contribution in [0.25, 0.3) is 0 Å². The first-order chi connectivity index (χ1) is 31.7. The number of carbonyl (C=O) groups excluding carboxylic acids is 3. The number of anilines is 1. The number of halogens is 4. The average Bonchev–Trinajstić information content (AvgIpc) is 4.13. The summed E-state index contributed by atoms with van der Waals surface area (Å²) in [7, 11) is 0. The number of ketones is 2. The van der Waals surface area contributed by atoms with Gasteiger partial charge in [-0.3, -0.25) is 24.4 Å². The number of amides is 1. The van der Waals surface area contributed by atoms with E-state index in [2.05, 4.69) is 25.9 Å². The van der Waals surface area contributed by atoms with Gasteiger partial charge in [0, 0.05) is 67.1 Å². The number of hydrogen-bond acceptors (Lipinski definition) is 12. The molecule has 0 bridgehead atoms. The van der Waals surface area contributed by atoms with Gasteiger partial charge in [0.1, 0.15) is 36.6 Å². The lowest BCUT2D eigenvalue weighted by Gasteiger charge is -2.33. The summed E-state index contributed by atoms with van der Waals surface area (Å²) in [5.41, 5.74) is 2.88. The predicted molar refractivity (Wildman–Crippen MR) is 242 cm³/mol. The number of morpholine rings is 1. The number of carbonyl (C=O) groups is 3. The van der Waals surface area contributed by atoms with Gasteiger partial charge in [0.2, 0.25) is 5.91 Å². The topological polar surface area (TPSA) is 153 Å². The number of rotatable bonds is 25. The highest BCUT2D eigenvalue weighted by molar-refractivity contribution is 9.10. The van der Waals surface area contributed by atoms with Crippen LogP contribution in [0.15, 0.2) is 71.5 Å². The number of nitrogens with zero attached hydrogens (tertiary/aromatic N) is 5. The molecular weight excluding hydrogens is 923 g/mol. The van der Waals surface area contributed by atoms with E-state index in [1.165, 1.54) is 12.1 Å². The number of Topliss-reactive ketones (excluding diaryl/α,β-unsaturated/α-hetero) is 2. The molecule has 66 heavy (non-hydrogen) atoms. The fraction of sp³-hybridized carbons (Fsp3) is 0.469. The van der Waals surface area contributed by atoms with Gasteiger partial charge in [-0.25, -0.2) is 0 Å². The van der Waals surface area contributed by atoms with Crippen molar-refractivity contribution >= 4 is 39.1 Å². The summed E-state index contributed by atoms with van der Waals surface area (Å²) in [5.74, 6) is 1.35. The second kappa shape index (κ2) is 24.4. The molecule has 2 fully saturated rings. The molecule has 1 amide bonds. The lowest BCUT2D eigenvalue weighted by molar-refractivity contribution is -0.145. The summed E-state index contributed by atoms with van der Waals surface area (Å²) in [4.78, 5) is 50.8. The molecule has 1 aromatic heterocycles. The first-order valence-corrected chi connectivity index (χ1v) is 22.9. The largest absolute Gasteiger partial charge is 0.494 e. The Morgan fingerprint density at radius 2 is 1.73 bits per heavy atom. The number of hydrogen-bond donors (Lipinski definition) is 0. The smallest absolute Gasteiger partial charge is 0.417 e. The van der Waals surface area contributed by atoms with Crippen molar-refractivity contribution in [2.24, 2.45) is 5.92 Å². The summed E-state index contributed by atoms with van der Waals surface area (Å²) >= 11 is 3.57. The van der Waals surface area contributed by atoms with Gasteiger partial charge in [-0.15, -0.1) is 0 Å². The molecule has 0 N–H and O–H groups in total. The molecule has 3 aromatic carbocycles. The van der Waals surface area contributed by atoms with Crippen molar-refractivity contribution in [1.29, 1.82) is 5.26 Å². The van der Waals surface area contributed by atoms with Crippen molar-refractivity contribution in [1.82, 2.24) is 14.9 Å². The SMILES string of the molecule is Cc1cnc(CC(=O)Cc2cc(Br)c(C)cc2OC[C@@H]2CN(C(=O)COCCOCCCOc3ccc(CCC(=O)CN(CC4CC4)c4ccc(C#N)c(C(F)(F)F)c4)cc3)CCO2)cn1. The number of nitriles is 1. The Morgan fingerprint density at radius 1 is 0.939 bits per heavy atom. The van der Waals surface area contributed by atoms with E-state index in [1.54, 1.807) is 28.3 Å². The quantitative estimate of drug-likeness (QED) is 0.0601. The number of ether oxygens (including phenoxy) is 5. The first kappa shape index (κ1) is 50.0. The van der Waals surface area contributed by atoms with E-state index in [1.807, 2.05) is 50.2 Å². The summed E-state index contributed by atoms with van der Waals surface area (Å²) in [6.45, 7) is 6.97. The zero-order chi connectivity index (χ0) is 47.1. The molecular formula is C49H55BrF3N5O8. The van der Waals surface area contributed by atoms with Crippen molar-refractivity contribution in [3.05, 3.63) is 111 Å². The summed E-state index contributed by atoms with van der Waals surface area (Å²) < 4.78 is 70.9. The highest BCUT2D eigenvalue weighted by Crippen LogP contribution is 2.37. The third-order valence-electron chi connectivity index (χ3n) is 11.1. The van der Waals surface area contributed by atoms with Gasteiger partial charge in [0.25, 0.3) is 0 Å². The van der Waals surface area contributed by atoms with Crippen LogP contribution in [0.3, 0.4) is 0 Å². The predicted octanol–water partition coefficient (Wildman–Crippen LogP) is 7.63. The fourth-order valence-corrected chi connectivity index (χ4v) is 7.66. The molecule has 17 heteroatoms. The Labute approximate surface area is 391 Å². The van der Waals surface area contributed by atoms with Crippen LogP contribution in [-0.4, -0.2) is 111 Å². The van der Waals surface area contributed by atoms with Gasteiger partial charge >= 0.3 is 6.18 Å². The van der Waals surface area contributed by atoms with Crippen LogP contribution in [0.1, 0.15) is 64.9 Å². The standard InChI is InChI=1S/C49H55BrF3N5O8/c1-33-20-47(38(22-46(33)50)21-42(60)23-39-27-55-34(2)26-56-39)66-31-44-30-57(14-17-65-44)48(61)32-63-19-18-62-15-3-16-64-43-12-7-35(8-13-43)6-11-41(59)29-58(28-36-4-5-36)40-10-9-37(25-54)45(24-40)49(51,52)53/h7-10,12-13,20,22,24,26-27,36,44H,3-6,11,14-19,21,23,28-32H2,1-2H3/t44-/m0/s1. The van der Waals surface area contributed by atoms with Crippen LogP contribution in [0, 0.1) is 31.1 Å². The lowest BCUT2D eigenvalue weighted by atomic mass is 10.0. The lowest BCUT2D eigenvalue weighted by Crippen LogP contribution is -2.48. The number of alkyl halides is 3. The molecule has 2 heterocycles. The van der Waals surface area contributed by atoms with Crippen LogP contribution in [0.2, 0.25) is 0 Å². The molecule has 2 aliphatic rings. The minimum Gasteiger partial charge on any atom is -0.494 e. The van der Waals surface area contributed by atoms with E-state index >= 15 is 0 Å². The first-order valence-electron chi connectivity index (χ1n) is 22.1. The number of aryl methyl sites for hydroxylation is 3. The van der Waals surface area contributed by atoms with Crippen LogP contribution < -0.4 is 14.4 Å². The minimum atomic E-state index is -4.67. The zero-order valence-corrected chi connectivity index (χ0v) is 38.8. The Balaban J connectivity index is 0.824. The van der Waals surface area contributed by atoms with Crippen molar-refractivity contribution in [2.45, 2.75) is 71.1 Å². The van der Waals surface area contributed by atoms with Crippen LogP contribution in [0.5, 0.6) is 11.5 Å². The summed E-state index contributed by atoms with van der Waals surface area (Å²) in [6.07, 6.45) is 1.85. The van der Waals surface area contributed by atoms with Gasteiger partial charge in [-0.1, -0.05) is 28.1 Å². The molecule has 4 aromatic rings. The van der Waals surface area contributed by atoms with E-state index in [-0.39, 0.29) is 74.9 Å². The molecule has 0 unspecified atom stereocenters. The maximum atomic E-state index is 13.6. The molecule has 352 valence electrons. The van der Waals surface area contributed by atoms with Crippen molar-refractivity contribution in [3.63, 3.8) is 0 Å². The van der Waals surface area contributed by atoms with E-state index in [0.29, 0.717) is 82.0 Å². The second-order valence-electron chi connectivity index (χ2n) is 16.6. The van der Waals surface area contributed by atoms with Gasteiger partial charge in [-0.05, 0) is 92.6 Å². The van der Waals surface area contributed by atoms with Gasteiger partial charge in [-0.2, -0.15) is 18.4 Å². The van der Waals surface area contributed by atoms with Gasteiger partial charge in [0.05, 0.1) is 74.5 Å². The average molecular weight is 979 g/mol. The van der Waals surface area contributed by atoms with E-state index in [4.69, 9.17) is 23.7 Å². The van der Waals surface area contributed by atoms with Crippen molar-refractivity contribution < 1.29 is 51.2 Å². The molecule has 1 saturated carbocycles. The van der Waals surface area contributed by atoms with Crippen LogP contribution >= 0.6 is 15.9 Å². The molecule has 13 nitrogen and oxygen atoms in total. The monoisotopic (exact) mass is 977 g/mol. The Kier molecular flexibility index (Phi) is 18.5. The highest BCUT2D eigenvalue weighted by atomic mass is 79.9. The fourth-order valence-electron chi connectivity index (χ4n) is 7.27. The third-order valence-corrected chi connectivity index (χ3v) is 12.0. The Bertz CT molecular complexity index is 2300. The van der Waals surface area contributed by atoms with Gasteiger partial charge < -0.3 is 33.5 Å². The normalized spacial score (nSPS) is 15.0. The minimum absolute atomic E-state index is 0.00509. The maximum absolute atomic E-state index is 13.6. The zero-order valence-electron chi connectivity index (χ0n) is 37.2. The molecule has 0 radical (unpaired) electrons. The van der Waals surface area contributed by atoms with Crippen LogP contribution in [-0.2, 0) is 54.0 Å².